The molecule has 0 aliphatic carbocycles. The van der Waals surface area contributed by atoms with Gasteiger partial charge in [-0.15, -0.1) is 12.4 Å². The summed E-state index contributed by atoms with van der Waals surface area (Å²) in [5.41, 5.74) is 2.59. The molecule has 0 saturated heterocycles. The van der Waals surface area contributed by atoms with Gasteiger partial charge in [0.1, 0.15) is 6.04 Å². The van der Waals surface area contributed by atoms with E-state index in [0.29, 0.717) is 12.0 Å². The van der Waals surface area contributed by atoms with Crippen molar-refractivity contribution in [3.63, 3.8) is 0 Å². The average Bonchev–Trinajstić information content (AvgIpc) is 3.01. The van der Waals surface area contributed by atoms with Crippen molar-refractivity contribution in [2.45, 2.75) is 19.0 Å². The summed E-state index contributed by atoms with van der Waals surface area (Å²) in [5.74, 6) is -2.00. The molecule has 0 aliphatic rings. The third kappa shape index (κ3) is 4.22. The van der Waals surface area contributed by atoms with Gasteiger partial charge in [-0.2, -0.15) is 0 Å². The van der Waals surface area contributed by atoms with Gasteiger partial charge in [-0.1, -0.05) is 36.4 Å². The first kappa shape index (κ1) is 19.5. The Hall–Kier alpha value is -2.83. The first-order valence-electron chi connectivity index (χ1n) is 7.88. The molecule has 136 valence electrons. The maximum absolute atomic E-state index is 11.6. The van der Waals surface area contributed by atoms with Crippen molar-refractivity contribution in [3.8, 4) is 0 Å². The zero-order valence-electron chi connectivity index (χ0n) is 13.8. The molecule has 26 heavy (non-hydrogen) atoms. The van der Waals surface area contributed by atoms with Gasteiger partial charge in [0.25, 0.3) is 0 Å². The minimum absolute atomic E-state index is 0. The van der Waals surface area contributed by atoms with E-state index in [9.17, 15) is 19.8 Å². The van der Waals surface area contributed by atoms with Crippen molar-refractivity contribution in [1.29, 1.82) is 0 Å². The summed E-state index contributed by atoms with van der Waals surface area (Å²) >= 11 is 0. The van der Waals surface area contributed by atoms with E-state index in [1.54, 1.807) is 18.2 Å². The standard InChI is InChI=1S/C19H18N2O4.ClH/c22-18(23)15-7-2-1-5-12(15)10-21-17(19(24)25)9-13-11-20-16-8-4-3-6-14(13)16;/h1-8,11,17,20-21H,9-10H2,(H,22,23)(H,24,25);1H. The Bertz CT molecular complexity index is 923. The lowest BCUT2D eigenvalue weighted by molar-refractivity contribution is -0.139. The number of fused-ring (bicyclic) bond motifs is 1. The van der Waals surface area contributed by atoms with Gasteiger partial charge in [0, 0.05) is 30.1 Å². The first-order chi connectivity index (χ1) is 12.1. The summed E-state index contributed by atoms with van der Waals surface area (Å²) in [4.78, 5) is 26.0. The summed E-state index contributed by atoms with van der Waals surface area (Å²) in [6.07, 6.45) is 2.11. The van der Waals surface area contributed by atoms with Crippen LogP contribution in [0.3, 0.4) is 0 Å². The molecule has 0 radical (unpaired) electrons. The fraction of sp³-hybridized carbons (Fsp3) is 0.158. The number of rotatable bonds is 7. The number of para-hydroxylation sites is 1. The van der Waals surface area contributed by atoms with E-state index >= 15 is 0 Å². The van der Waals surface area contributed by atoms with Gasteiger partial charge in [0.2, 0.25) is 0 Å². The molecule has 3 rings (SSSR count). The molecule has 7 heteroatoms. The summed E-state index contributed by atoms with van der Waals surface area (Å²) in [7, 11) is 0. The molecule has 1 unspecified atom stereocenters. The first-order valence-corrected chi connectivity index (χ1v) is 7.88. The van der Waals surface area contributed by atoms with Crippen molar-refractivity contribution < 1.29 is 19.8 Å². The Labute approximate surface area is 156 Å². The monoisotopic (exact) mass is 374 g/mol. The van der Waals surface area contributed by atoms with Gasteiger partial charge in [0.15, 0.2) is 0 Å². The zero-order valence-corrected chi connectivity index (χ0v) is 14.6. The molecule has 2 aromatic carbocycles. The highest BCUT2D eigenvalue weighted by Crippen LogP contribution is 2.19. The number of hydrogen-bond acceptors (Lipinski definition) is 3. The molecular formula is C19H19ClN2O4. The molecule has 0 fully saturated rings. The Morgan fingerprint density at radius 3 is 2.42 bits per heavy atom. The second-order valence-electron chi connectivity index (χ2n) is 5.80. The Balaban J connectivity index is 0.00000243. The van der Waals surface area contributed by atoms with E-state index in [1.807, 2.05) is 30.5 Å². The van der Waals surface area contributed by atoms with Gasteiger partial charge < -0.3 is 15.2 Å². The van der Waals surface area contributed by atoms with Crippen LogP contribution in [0.5, 0.6) is 0 Å². The lowest BCUT2D eigenvalue weighted by Gasteiger charge is -2.15. The highest BCUT2D eigenvalue weighted by atomic mass is 35.5. The van der Waals surface area contributed by atoms with Crippen molar-refractivity contribution in [1.82, 2.24) is 10.3 Å². The smallest absolute Gasteiger partial charge is 0.336 e. The van der Waals surface area contributed by atoms with Crippen LogP contribution < -0.4 is 5.32 Å². The number of aromatic carboxylic acids is 1. The number of aliphatic carboxylic acids is 1. The van der Waals surface area contributed by atoms with Crippen molar-refractivity contribution >= 4 is 35.2 Å². The Morgan fingerprint density at radius 2 is 1.69 bits per heavy atom. The fourth-order valence-corrected chi connectivity index (χ4v) is 2.88. The number of benzene rings is 2. The van der Waals surface area contributed by atoms with Gasteiger partial charge in [0.05, 0.1) is 5.56 Å². The van der Waals surface area contributed by atoms with Crippen LogP contribution in [-0.2, 0) is 17.8 Å². The third-order valence-electron chi connectivity index (χ3n) is 4.18. The summed E-state index contributed by atoms with van der Waals surface area (Å²) < 4.78 is 0. The molecule has 4 N–H and O–H groups in total. The molecule has 1 atom stereocenters. The fourth-order valence-electron chi connectivity index (χ4n) is 2.88. The van der Waals surface area contributed by atoms with Crippen LogP contribution in [0.1, 0.15) is 21.5 Å². The zero-order chi connectivity index (χ0) is 17.8. The quantitative estimate of drug-likeness (QED) is 0.509. The SMILES string of the molecule is Cl.O=C(O)c1ccccc1CNC(Cc1c[nH]c2ccccc12)C(=O)O. The lowest BCUT2D eigenvalue weighted by Crippen LogP contribution is -2.38. The molecule has 1 aromatic heterocycles. The minimum atomic E-state index is -1.03. The molecule has 1 heterocycles. The van der Waals surface area contributed by atoms with Crippen LogP contribution in [0, 0.1) is 0 Å². The van der Waals surface area contributed by atoms with E-state index in [0.717, 1.165) is 16.5 Å². The molecule has 6 nitrogen and oxygen atoms in total. The molecule has 0 amide bonds. The van der Waals surface area contributed by atoms with E-state index in [2.05, 4.69) is 10.3 Å². The van der Waals surface area contributed by atoms with E-state index < -0.39 is 18.0 Å². The number of carboxylic acid groups (broad SMARTS) is 2. The van der Waals surface area contributed by atoms with Crippen LogP contribution in [-0.4, -0.2) is 33.2 Å². The molecule has 0 spiro atoms. The summed E-state index contributed by atoms with van der Waals surface area (Å²) in [6.45, 7) is 0.168. The van der Waals surface area contributed by atoms with E-state index in [1.165, 1.54) is 6.07 Å². The largest absolute Gasteiger partial charge is 0.480 e. The second-order valence-corrected chi connectivity index (χ2v) is 5.80. The number of hydrogen-bond donors (Lipinski definition) is 4. The van der Waals surface area contributed by atoms with E-state index in [4.69, 9.17) is 0 Å². The minimum Gasteiger partial charge on any atom is -0.480 e. The normalized spacial score (nSPS) is 11.7. The Kier molecular flexibility index (Phi) is 6.38. The average molecular weight is 375 g/mol. The van der Waals surface area contributed by atoms with Gasteiger partial charge in [-0.05, 0) is 23.3 Å². The maximum Gasteiger partial charge on any atom is 0.336 e. The molecule has 0 aliphatic heterocycles. The number of nitrogens with one attached hydrogen (secondary N) is 2. The summed E-state index contributed by atoms with van der Waals surface area (Å²) in [6, 6.07) is 13.5. The summed E-state index contributed by atoms with van der Waals surface area (Å²) in [5, 5.41) is 22.7. The van der Waals surface area contributed by atoms with Gasteiger partial charge >= 0.3 is 11.9 Å². The van der Waals surface area contributed by atoms with Gasteiger partial charge in [-0.3, -0.25) is 10.1 Å². The number of H-pyrrole nitrogens is 1. The van der Waals surface area contributed by atoms with Crippen LogP contribution in [0.25, 0.3) is 10.9 Å². The molecule has 0 saturated carbocycles. The molecule has 0 bridgehead atoms. The highest BCUT2D eigenvalue weighted by molar-refractivity contribution is 5.89. The van der Waals surface area contributed by atoms with Crippen molar-refractivity contribution in [2.24, 2.45) is 0 Å². The third-order valence-corrected chi connectivity index (χ3v) is 4.18. The number of aromatic amines is 1. The molecule has 3 aromatic rings. The van der Waals surface area contributed by atoms with Crippen LogP contribution in [0.15, 0.2) is 54.7 Å². The maximum atomic E-state index is 11.6. The van der Waals surface area contributed by atoms with Crippen LogP contribution in [0.2, 0.25) is 0 Å². The number of aromatic nitrogens is 1. The molecular weight excluding hydrogens is 356 g/mol. The van der Waals surface area contributed by atoms with Crippen LogP contribution in [0.4, 0.5) is 0 Å². The Morgan fingerprint density at radius 1 is 1.00 bits per heavy atom. The highest BCUT2D eigenvalue weighted by Gasteiger charge is 2.20. The van der Waals surface area contributed by atoms with E-state index in [-0.39, 0.29) is 24.5 Å². The van der Waals surface area contributed by atoms with Crippen molar-refractivity contribution in [3.05, 3.63) is 71.4 Å². The number of carboxylic acids is 2. The second kappa shape index (κ2) is 8.51. The lowest BCUT2D eigenvalue weighted by atomic mass is 10.0. The number of carbonyl (C=O) groups is 2. The number of halogens is 1. The van der Waals surface area contributed by atoms with Crippen molar-refractivity contribution in [2.75, 3.05) is 0 Å². The van der Waals surface area contributed by atoms with Crippen LogP contribution >= 0.6 is 12.4 Å². The topological polar surface area (TPSA) is 102 Å². The van der Waals surface area contributed by atoms with Gasteiger partial charge in [-0.25, -0.2) is 4.79 Å². The predicted octanol–water partition coefficient (Wildman–Crippen LogP) is 3.07. The predicted molar refractivity (Wildman–Crippen MR) is 101 cm³/mol.